The van der Waals surface area contributed by atoms with Crippen molar-refractivity contribution in [2.24, 2.45) is 0 Å². The van der Waals surface area contributed by atoms with Gasteiger partial charge in [-0.2, -0.15) is 0 Å². The first-order valence-electron chi connectivity index (χ1n) is 6.28. The lowest BCUT2D eigenvalue weighted by atomic mass is 10.2. The Hall–Kier alpha value is -1.42. The number of hydrogen-bond acceptors (Lipinski definition) is 2. The van der Waals surface area contributed by atoms with Crippen LogP contribution in [0.4, 0.5) is 4.39 Å². The Bertz CT molecular complexity index is 393. The predicted molar refractivity (Wildman–Crippen MR) is 70.6 cm³/mol. The van der Waals surface area contributed by atoms with Crippen LogP contribution in [0.5, 0.6) is 0 Å². The average molecular weight is 252 g/mol. The van der Waals surface area contributed by atoms with Crippen molar-refractivity contribution in [3.8, 4) is 0 Å². The average Bonchev–Trinajstić information content (AvgIpc) is 2.33. The normalized spacial score (nSPS) is 10.7. The zero-order valence-corrected chi connectivity index (χ0v) is 11.2. The van der Waals surface area contributed by atoms with Crippen LogP contribution in [-0.2, 0) is 11.3 Å². The van der Waals surface area contributed by atoms with Crippen molar-refractivity contribution >= 4 is 5.91 Å². The Kier molecular flexibility index (Phi) is 5.78. The van der Waals surface area contributed by atoms with Crippen LogP contribution in [0.1, 0.15) is 26.3 Å². The van der Waals surface area contributed by atoms with E-state index in [1.165, 1.54) is 12.1 Å². The molecule has 0 aliphatic heterocycles. The van der Waals surface area contributed by atoms with Gasteiger partial charge in [-0.15, -0.1) is 0 Å². The number of halogens is 1. The number of benzene rings is 1. The smallest absolute Gasteiger partial charge is 0.236 e. The molecule has 0 spiro atoms. The first kappa shape index (κ1) is 14.6. The van der Waals surface area contributed by atoms with E-state index in [0.717, 1.165) is 5.56 Å². The van der Waals surface area contributed by atoms with E-state index in [2.05, 4.69) is 5.32 Å². The fraction of sp³-hybridized carbons (Fsp3) is 0.500. The highest BCUT2D eigenvalue weighted by atomic mass is 19.1. The Morgan fingerprint density at radius 3 is 2.72 bits per heavy atom. The SMILES string of the molecule is CCN(Cc1cccc(F)c1)C(=O)CNC(C)C. The van der Waals surface area contributed by atoms with Crippen LogP contribution >= 0.6 is 0 Å². The van der Waals surface area contributed by atoms with E-state index in [9.17, 15) is 9.18 Å². The summed E-state index contributed by atoms with van der Waals surface area (Å²) in [5.74, 6) is -0.230. The first-order valence-corrected chi connectivity index (χ1v) is 6.28. The maximum atomic E-state index is 13.1. The number of carbonyl (C=O) groups is 1. The van der Waals surface area contributed by atoms with Gasteiger partial charge in [-0.1, -0.05) is 26.0 Å². The third kappa shape index (κ3) is 4.84. The Morgan fingerprint density at radius 1 is 1.44 bits per heavy atom. The van der Waals surface area contributed by atoms with Crippen LogP contribution in [0.15, 0.2) is 24.3 Å². The second-order valence-corrected chi connectivity index (χ2v) is 4.57. The molecule has 18 heavy (non-hydrogen) atoms. The van der Waals surface area contributed by atoms with E-state index in [4.69, 9.17) is 0 Å². The zero-order chi connectivity index (χ0) is 13.5. The highest BCUT2D eigenvalue weighted by molar-refractivity contribution is 5.78. The van der Waals surface area contributed by atoms with Crippen LogP contribution < -0.4 is 5.32 Å². The first-order chi connectivity index (χ1) is 8.52. The van der Waals surface area contributed by atoms with Gasteiger partial charge >= 0.3 is 0 Å². The van der Waals surface area contributed by atoms with Gasteiger partial charge in [-0.3, -0.25) is 4.79 Å². The van der Waals surface area contributed by atoms with Gasteiger partial charge in [0.1, 0.15) is 5.82 Å². The molecule has 0 saturated heterocycles. The van der Waals surface area contributed by atoms with E-state index in [1.54, 1.807) is 11.0 Å². The lowest BCUT2D eigenvalue weighted by Crippen LogP contribution is -2.39. The molecule has 0 atom stereocenters. The predicted octanol–water partition coefficient (Wildman–Crippen LogP) is 2.17. The summed E-state index contributed by atoms with van der Waals surface area (Å²) in [6.45, 7) is 7.31. The number of amides is 1. The van der Waals surface area contributed by atoms with Gasteiger partial charge in [0.15, 0.2) is 0 Å². The number of likely N-dealkylation sites (N-methyl/N-ethyl adjacent to an activating group) is 1. The number of nitrogens with one attached hydrogen (secondary N) is 1. The van der Waals surface area contributed by atoms with E-state index in [0.29, 0.717) is 19.6 Å². The molecular formula is C14H21FN2O. The molecule has 0 aliphatic carbocycles. The summed E-state index contributed by atoms with van der Waals surface area (Å²) in [6.07, 6.45) is 0. The molecule has 3 nitrogen and oxygen atoms in total. The van der Waals surface area contributed by atoms with Crippen molar-refractivity contribution in [1.29, 1.82) is 0 Å². The lowest BCUT2D eigenvalue weighted by molar-refractivity contribution is -0.130. The minimum absolute atomic E-state index is 0.0375. The van der Waals surface area contributed by atoms with E-state index in [1.807, 2.05) is 26.8 Å². The van der Waals surface area contributed by atoms with Gasteiger partial charge in [-0.05, 0) is 24.6 Å². The molecule has 1 rings (SSSR count). The third-order valence-corrected chi connectivity index (χ3v) is 2.66. The van der Waals surface area contributed by atoms with Crippen LogP contribution in [-0.4, -0.2) is 29.9 Å². The molecule has 0 aliphatic rings. The summed E-state index contributed by atoms with van der Waals surface area (Å²) < 4.78 is 13.1. The van der Waals surface area contributed by atoms with Gasteiger partial charge in [0.2, 0.25) is 5.91 Å². The van der Waals surface area contributed by atoms with Gasteiger partial charge < -0.3 is 10.2 Å². The molecule has 1 N–H and O–H groups in total. The number of hydrogen-bond donors (Lipinski definition) is 1. The Morgan fingerprint density at radius 2 is 2.17 bits per heavy atom. The fourth-order valence-corrected chi connectivity index (χ4v) is 1.64. The molecule has 100 valence electrons. The van der Waals surface area contributed by atoms with Crippen LogP contribution in [0, 0.1) is 5.82 Å². The molecule has 0 bridgehead atoms. The fourth-order valence-electron chi connectivity index (χ4n) is 1.64. The van der Waals surface area contributed by atoms with Crippen molar-refractivity contribution < 1.29 is 9.18 Å². The minimum Gasteiger partial charge on any atom is -0.338 e. The molecule has 0 fully saturated rings. The third-order valence-electron chi connectivity index (χ3n) is 2.66. The highest BCUT2D eigenvalue weighted by Crippen LogP contribution is 2.07. The van der Waals surface area contributed by atoms with Crippen molar-refractivity contribution in [3.63, 3.8) is 0 Å². The molecule has 1 aromatic carbocycles. The number of carbonyl (C=O) groups excluding carboxylic acids is 1. The molecule has 0 saturated carbocycles. The minimum atomic E-state index is -0.267. The molecule has 0 unspecified atom stereocenters. The quantitative estimate of drug-likeness (QED) is 0.841. The summed E-state index contributed by atoms with van der Waals surface area (Å²) in [6, 6.07) is 6.64. The number of rotatable bonds is 6. The summed E-state index contributed by atoms with van der Waals surface area (Å²) in [5.41, 5.74) is 0.815. The van der Waals surface area contributed by atoms with Crippen molar-refractivity contribution in [2.45, 2.75) is 33.4 Å². The zero-order valence-electron chi connectivity index (χ0n) is 11.2. The van der Waals surface area contributed by atoms with E-state index in [-0.39, 0.29) is 17.8 Å². The Balaban J connectivity index is 2.58. The van der Waals surface area contributed by atoms with Gasteiger partial charge in [0.25, 0.3) is 0 Å². The van der Waals surface area contributed by atoms with Gasteiger partial charge in [0, 0.05) is 19.1 Å². The summed E-state index contributed by atoms with van der Waals surface area (Å²) in [5, 5.41) is 3.09. The van der Waals surface area contributed by atoms with Crippen LogP contribution in [0.25, 0.3) is 0 Å². The van der Waals surface area contributed by atoms with Crippen molar-refractivity contribution in [1.82, 2.24) is 10.2 Å². The second kappa shape index (κ2) is 7.11. The largest absolute Gasteiger partial charge is 0.338 e. The topological polar surface area (TPSA) is 32.3 Å². The summed E-state index contributed by atoms with van der Waals surface area (Å²) in [4.78, 5) is 13.7. The Labute approximate surface area is 108 Å². The molecule has 4 heteroatoms. The van der Waals surface area contributed by atoms with Crippen molar-refractivity contribution in [2.75, 3.05) is 13.1 Å². The van der Waals surface area contributed by atoms with E-state index < -0.39 is 0 Å². The van der Waals surface area contributed by atoms with Gasteiger partial charge in [-0.25, -0.2) is 4.39 Å². The maximum absolute atomic E-state index is 13.1. The molecule has 1 aromatic rings. The molecular weight excluding hydrogens is 231 g/mol. The van der Waals surface area contributed by atoms with Crippen LogP contribution in [0.3, 0.4) is 0 Å². The standard InChI is InChI=1S/C14H21FN2O/c1-4-17(14(18)9-16-11(2)3)10-12-6-5-7-13(15)8-12/h5-8,11,16H,4,9-10H2,1-3H3. The number of nitrogens with zero attached hydrogens (tertiary/aromatic N) is 1. The lowest BCUT2D eigenvalue weighted by Gasteiger charge is -2.22. The molecule has 0 heterocycles. The molecule has 0 radical (unpaired) electrons. The molecule has 1 amide bonds. The maximum Gasteiger partial charge on any atom is 0.236 e. The van der Waals surface area contributed by atoms with Crippen molar-refractivity contribution in [3.05, 3.63) is 35.6 Å². The summed E-state index contributed by atoms with van der Waals surface area (Å²) in [7, 11) is 0. The van der Waals surface area contributed by atoms with E-state index >= 15 is 0 Å². The monoisotopic (exact) mass is 252 g/mol. The summed E-state index contributed by atoms with van der Waals surface area (Å²) >= 11 is 0. The van der Waals surface area contributed by atoms with Crippen LogP contribution in [0.2, 0.25) is 0 Å². The second-order valence-electron chi connectivity index (χ2n) is 4.57. The van der Waals surface area contributed by atoms with Gasteiger partial charge in [0.05, 0.1) is 6.54 Å². The molecule has 0 aromatic heterocycles. The highest BCUT2D eigenvalue weighted by Gasteiger charge is 2.12.